The van der Waals surface area contributed by atoms with E-state index in [1.165, 1.54) is 12.1 Å². The van der Waals surface area contributed by atoms with Gasteiger partial charge in [-0.2, -0.15) is 0 Å². The van der Waals surface area contributed by atoms with Crippen LogP contribution in [0.15, 0.2) is 43.5 Å². The number of nitrogen functional groups attached to an aromatic ring is 1. The summed E-state index contributed by atoms with van der Waals surface area (Å²) in [5.41, 5.74) is 5.60. The van der Waals surface area contributed by atoms with E-state index in [-0.39, 0.29) is 5.75 Å². The quantitative estimate of drug-likeness (QED) is 0.404. The van der Waals surface area contributed by atoms with Crippen LogP contribution in [0.1, 0.15) is 18.4 Å². The first kappa shape index (κ1) is 12.3. The minimum Gasteiger partial charge on any atom is -0.508 e. The maximum Gasteiger partial charge on any atom is 0.116 e. The average molecular weight is 219 g/mol. The van der Waals surface area contributed by atoms with Gasteiger partial charge < -0.3 is 15.9 Å². The summed E-state index contributed by atoms with van der Waals surface area (Å²) in [5.74, 6) is 0.0794. The monoisotopic (exact) mass is 219 g/mol. The zero-order valence-electron chi connectivity index (χ0n) is 9.19. The predicted octanol–water partition coefficient (Wildman–Crippen LogP) is 2.31. The first-order chi connectivity index (χ1) is 7.53. The zero-order chi connectivity index (χ0) is 12.2. The molecule has 0 aliphatic carbocycles. The van der Waals surface area contributed by atoms with Crippen LogP contribution in [0.3, 0.4) is 0 Å². The Kier molecular flexibility index (Phi) is 3.74. The summed E-state index contributed by atoms with van der Waals surface area (Å²) < 4.78 is 0. The molecule has 0 aromatic heterocycles. The highest BCUT2D eigenvalue weighted by atomic mass is 16.3. The molecule has 16 heavy (non-hydrogen) atoms. The van der Waals surface area contributed by atoms with E-state index in [0.717, 1.165) is 0 Å². The molecule has 0 fully saturated rings. The molecule has 0 saturated heterocycles. The van der Waals surface area contributed by atoms with Gasteiger partial charge in [-0.15, -0.1) is 13.2 Å². The van der Waals surface area contributed by atoms with E-state index in [1.54, 1.807) is 18.2 Å². The van der Waals surface area contributed by atoms with Crippen LogP contribution in [-0.4, -0.2) is 10.2 Å². The molecule has 4 N–H and O–H groups in total. The zero-order valence-corrected chi connectivity index (χ0v) is 9.19. The standard InChI is InChI=1S/C13H17NO2/c1-3-7-13(16,8-4-2)11-9-10(15)5-6-12(11)14/h3-6,9,15-16H,1-2,7-8,14H2. The van der Waals surface area contributed by atoms with Gasteiger partial charge in [0.1, 0.15) is 5.75 Å². The molecule has 0 atom stereocenters. The van der Waals surface area contributed by atoms with Gasteiger partial charge in [0, 0.05) is 11.3 Å². The molecule has 0 spiro atoms. The van der Waals surface area contributed by atoms with Crippen molar-refractivity contribution >= 4 is 5.69 Å². The molecule has 3 heteroatoms. The lowest BCUT2D eigenvalue weighted by atomic mass is 9.86. The maximum atomic E-state index is 10.5. The minimum absolute atomic E-state index is 0.0794. The van der Waals surface area contributed by atoms with Gasteiger partial charge in [0.15, 0.2) is 0 Å². The Labute approximate surface area is 95.5 Å². The molecule has 0 aliphatic heterocycles. The third kappa shape index (κ3) is 2.44. The van der Waals surface area contributed by atoms with E-state index in [2.05, 4.69) is 13.2 Å². The lowest BCUT2D eigenvalue weighted by Gasteiger charge is -2.27. The Hall–Kier alpha value is -1.74. The smallest absolute Gasteiger partial charge is 0.116 e. The van der Waals surface area contributed by atoms with Crippen molar-refractivity contribution in [2.45, 2.75) is 18.4 Å². The van der Waals surface area contributed by atoms with Gasteiger partial charge in [0.25, 0.3) is 0 Å². The van der Waals surface area contributed by atoms with Crippen LogP contribution in [0, 0.1) is 0 Å². The SMILES string of the molecule is C=CCC(O)(CC=C)c1cc(O)ccc1N. The van der Waals surface area contributed by atoms with Crippen molar-refractivity contribution in [2.75, 3.05) is 5.73 Å². The Bertz CT molecular complexity index is 389. The molecule has 0 bridgehead atoms. The third-order valence-electron chi connectivity index (χ3n) is 2.50. The number of hydrogen-bond donors (Lipinski definition) is 3. The van der Waals surface area contributed by atoms with E-state index < -0.39 is 5.60 Å². The second kappa shape index (κ2) is 4.86. The Morgan fingerprint density at radius 2 is 1.81 bits per heavy atom. The first-order valence-electron chi connectivity index (χ1n) is 5.06. The number of aliphatic hydroxyl groups is 1. The van der Waals surface area contributed by atoms with Gasteiger partial charge in [-0.3, -0.25) is 0 Å². The molecule has 86 valence electrons. The van der Waals surface area contributed by atoms with Crippen LogP contribution in [0.5, 0.6) is 5.75 Å². The number of benzene rings is 1. The Morgan fingerprint density at radius 3 is 2.31 bits per heavy atom. The van der Waals surface area contributed by atoms with E-state index in [0.29, 0.717) is 24.1 Å². The van der Waals surface area contributed by atoms with Crippen LogP contribution in [0.2, 0.25) is 0 Å². The van der Waals surface area contributed by atoms with Crippen molar-refractivity contribution in [1.82, 2.24) is 0 Å². The topological polar surface area (TPSA) is 66.5 Å². The van der Waals surface area contributed by atoms with Gasteiger partial charge in [-0.25, -0.2) is 0 Å². The summed E-state index contributed by atoms with van der Waals surface area (Å²) in [6.07, 6.45) is 3.94. The van der Waals surface area contributed by atoms with E-state index >= 15 is 0 Å². The maximum absolute atomic E-state index is 10.5. The number of phenolic OH excluding ortho intramolecular Hbond substituents is 1. The number of anilines is 1. The lowest BCUT2D eigenvalue weighted by molar-refractivity contribution is 0.0435. The highest BCUT2D eigenvalue weighted by molar-refractivity contribution is 5.53. The number of phenols is 1. The van der Waals surface area contributed by atoms with E-state index in [1.807, 2.05) is 0 Å². The van der Waals surface area contributed by atoms with Crippen molar-refractivity contribution in [2.24, 2.45) is 0 Å². The fraction of sp³-hybridized carbons (Fsp3) is 0.231. The van der Waals surface area contributed by atoms with Crippen LogP contribution in [0.25, 0.3) is 0 Å². The fourth-order valence-corrected chi connectivity index (χ4v) is 1.73. The van der Waals surface area contributed by atoms with Crippen LogP contribution in [0.4, 0.5) is 5.69 Å². The molecule has 0 aliphatic rings. The van der Waals surface area contributed by atoms with Crippen molar-refractivity contribution < 1.29 is 10.2 Å². The molecule has 1 aromatic rings. The number of rotatable bonds is 5. The second-order valence-electron chi connectivity index (χ2n) is 3.79. The van der Waals surface area contributed by atoms with Crippen molar-refractivity contribution in [3.8, 4) is 5.75 Å². The van der Waals surface area contributed by atoms with Crippen molar-refractivity contribution in [1.29, 1.82) is 0 Å². The van der Waals surface area contributed by atoms with Crippen LogP contribution < -0.4 is 5.73 Å². The summed E-state index contributed by atoms with van der Waals surface area (Å²) in [5, 5.41) is 19.9. The van der Waals surface area contributed by atoms with Gasteiger partial charge >= 0.3 is 0 Å². The minimum atomic E-state index is -1.15. The summed E-state index contributed by atoms with van der Waals surface area (Å²) in [7, 11) is 0. The lowest BCUT2D eigenvalue weighted by Crippen LogP contribution is -2.25. The van der Waals surface area contributed by atoms with Gasteiger partial charge in [0.05, 0.1) is 5.60 Å². The van der Waals surface area contributed by atoms with Crippen LogP contribution >= 0.6 is 0 Å². The molecule has 0 radical (unpaired) electrons. The van der Waals surface area contributed by atoms with Crippen molar-refractivity contribution in [3.63, 3.8) is 0 Å². The second-order valence-corrected chi connectivity index (χ2v) is 3.79. The Morgan fingerprint density at radius 1 is 1.25 bits per heavy atom. The molecule has 3 nitrogen and oxygen atoms in total. The molecule has 0 amide bonds. The number of nitrogens with two attached hydrogens (primary N) is 1. The Balaban J connectivity index is 3.23. The average Bonchev–Trinajstić information content (AvgIpc) is 2.22. The van der Waals surface area contributed by atoms with E-state index in [4.69, 9.17) is 5.73 Å². The summed E-state index contributed by atoms with van der Waals surface area (Å²) >= 11 is 0. The summed E-state index contributed by atoms with van der Waals surface area (Å²) in [4.78, 5) is 0. The molecule has 1 rings (SSSR count). The van der Waals surface area contributed by atoms with Gasteiger partial charge in [0.2, 0.25) is 0 Å². The van der Waals surface area contributed by atoms with E-state index in [9.17, 15) is 10.2 Å². The highest BCUT2D eigenvalue weighted by Crippen LogP contribution is 2.35. The summed E-state index contributed by atoms with van der Waals surface area (Å²) in [6, 6.07) is 4.53. The molecular formula is C13H17NO2. The predicted molar refractivity (Wildman–Crippen MR) is 66.0 cm³/mol. The number of hydrogen-bond acceptors (Lipinski definition) is 3. The van der Waals surface area contributed by atoms with Gasteiger partial charge in [-0.05, 0) is 31.0 Å². The van der Waals surface area contributed by atoms with Crippen molar-refractivity contribution in [3.05, 3.63) is 49.1 Å². The number of aromatic hydroxyl groups is 1. The summed E-state index contributed by atoms with van der Waals surface area (Å²) in [6.45, 7) is 7.22. The highest BCUT2D eigenvalue weighted by Gasteiger charge is 2.28. The molecule has 1 aromatic carbocycles. The van der Waals surface area contributed by atoms with Crippen LogP contribution in [-0.2, 0) is 5.60 Å². The third-order valence-corrected chi connectivity index (χ3v) is 2.50. The fourth-order valence-electron chi connectivity index (χ4n) is 1.73. The normalized spacial score (nSPS) is 11.1. The molecule has 0 heterocycles. The molecule has 0 saturated carbocycles. The first-order valence-corrected chi connectivity index (χ1v) is 5.06. The van der Waals surface area contributed by atoms with Gasteiger partial charge in [-0.1, -0.05) is 12.2 Å². The molecule has 0 unspecified atom stereocenters. The molecular weight excluding hydrogens is 202 g/mol. The largest absolute Gasteiger partial charge is 0.508 e.